The number of methoxy groups -OCH3 is 1. The Morgan fingerprint density at radius 3 is 2.24 bits per heavy atom. The first-order chi connectivity index (χ1) is 18.1. The van der Waals surface area contributed by atoms with Crippen molar-refractivity contribution < 1.29 is 14.6 Å². The molecule has 0 spiro atoms. The molecule has 1 heterocycles. The molecule has 3 aromatic rings. The van der Waals surface area contributed by atoms with E-state index in [1.54, 1.807) is 48.4 Å². The second-order valence-corrected chi connectivity index (χ2v) is 11.2. The molecule has 0 fully saturated rings. The maximum atomic E-state index is 13.9. The van der Waals surface area contributed by atoms with Crippen LogP contribution in [0.3, 0.4) is 0 Å². The predicted molar refractivity (Wildman–Crippen MR) is 153 cm³/mol. The van der Waals surface area contributed by atoms with E-state index in [0.717, 1.165) is 0 Å². The number of ketones is 1. The minimum absolute atomic E-state index is 0.0363. The van der Waals surface area contributed by atoms with Gasteiger partial charge in [0.15, 0.2) is 5.78 Å². The molecule has 1 aliphatic carbocycles. The molecule has 1 atom stereocenters. The van der Waals surface area contributed by atoms with Crippen LogP contribution in [0.5, 0.6) is 5.75 Å². The maximum Gasteiger partial charge on any atom is 0.162 e. The Kier molecular flexibility index (Phi) is 6.84. The molecule has 0 radical (unpaired) electrons. The Morgan fingerprint density at radius 1 is 0.974 bits per heavy atom. The fraction of sp³-hybridized carbons (Fsp3) is 0.226. The first kappa shape index (κ1) is 26.1. The van der Waals surface area contributed by atoms with Gasteiger partial charge in [-0.2, -0.15) is 0 Å². The minimum Gasteiger partial charge on any atom is -0.507 e. The van der Waals surface area contributed by atoms with Crippen LogP contribution in [-0.2, 0) is 4.79 Å². The van der Waals surface area contributed by atoms with E-state index < -0.39 is 5.92 Å². The Labute approximate surface area is 232 Å². The molecule has 194 valence electrons. The Bertz CT molecular complexity index is 1510. The number of allylic oxidation sites excluding steroid dienone is 2. The zero-order valence-electron chi connectivity index (χ0n) is 21.4. The van der Waals surface area contributed by atoms with E-state index >= 15 is 0 Å². The van der Waals surface area contributed by atoms with Gasteiger partial charge in [-0.15, -0.1) is 0 Å². The zero-order valence-corrected chi connectivity index (χ0v) is 22.9. The summed E-state index contributed by atoms with van der Waals surface area (Å²) in [7, 11) is 1.57. The van der Waals surface area contributed by atoms with Gasteiger partial charge >= 0.3 is 0 Å². The number of nitrogens with one attached hydrogen (secondary N) is 1. The highest BCUT2D eigenvalue weighted by Crippen LogP contribution is 2.52. The number of Topliss-reactive ketones (excluding diaryl/α,β-unsaturated/α-hetero) is 1. The number of benzene rings is 3. The summed E-state index contributed by atoms with van der Waals surface area (Å²) < 4.78 is 5.28. The van der Waals surface area contributed by atoms with Crippen molar-refractivity contribution in [1.29, 1.82) is 5.41 Å². The van der Waals surface area contributed by atoms with Gasteiger partial charge in [0.1, 0.15) is 17.3 Å². The number of rotatable bonds is 4. The van der Waals surface area contributed by atoms with Crippen molar-refractivity contribution in [2.24, 2.45) is 5.41 Å². The first-order valence-electron chi connectivity index (χ1n) is 12.3. The topological polar surface area (TPSA) is 73.6 Å². The highest BCUT2D eigenvalue weighted by molar-refractivity contribution is 6.35. The third kappa shape index (κ3) is 4.50. The van der Waals surface area contributed by atoms with Crippen molar-refractivity contribution in [2.45, 2.75) is 32.6 Å². The molecule has 0 aromatic heterocycles. The normalized spacial score (nSPS) is 20.3. The number of hydrogen-bond donors (Lipinski definition) is 2. The van der Waals surface area contributed by atoms with Crippen LogP contribution in [0, 0.1) is 10.8 Å². The van der Waals surface area contributed by atoms with Crippen LogP contribution >= 0.6 is 23.2 Å². The van der Waals surface area contributed by atoms with Gasteiger partial charge < -0.3 is 9.84 Å². The lowest BCUT2D eigenvalue weighted by Gasteiger charge is -2.45. The molecule has 0 amide bonds. The number of amidine groups is 1. The number of carbonyl (C=O) groups excluding carboxylic acids is 1. The van der Waals surface area contributed by atoms with Gasteiger partial charge in [-0.25, -0.2) is 0 Å². The molecule has 2 aliphatic rings. The summed E-state index contributed by atoms with van der Waals surface area (Å²) in [6.07, 6.45) is 0.895. The lowest BCUT2D eigenvalue weighted by atomic mass is 9.67. The average Bonchev–Trinajstić information content (AvgIpc) is 2.88. The quantitative estimate of drug-likeness (QED) is 0.323. The zero-order chi connectivity index (χ0) is 27.2. The molecule has 5 rings (SSSR count). The van der Waals surface area contributed by atoms with E-state index in [1.807, 2.05) is 50.2 Å². The molecule has 3 aromatic carbocycles. The van der Waals surface area contributed by atoms with Crippen LogP contribution in [0.15, 0.2) is 89.6 Å². The molecule has 0 saturated carbocycles. The van der Waals surface area contributed by atoms with Crippen molar-refractivity contribution in [3.8, 4) is 5.75 Å². The lowest BCUT2D eigenvalue weighted by Crippen LogP contribution is -2.45. The molecular formula is C31H28Cl2N2O3. The van der Waals surface area contributed by atoms with Crippen LogP contribution in [0.25, 0.3) is 5.76 Å². The fourth-order valence-electron chi connectivity index (χ4n) is 5.44. The molecule has 38 heavy (non-hydrogen) atoms. The number of carbonyl (C=O) groups is 1. The van der Waals surface area contributed by atoms with E-state index in [1.165, 1.54) is 0 Å². The molecule has 1 aliphatic heterocycles. The van der Waals surface area contributed by atoms with Gasteiger partial charge in [-0.3, -0.25) is 15.1 Å². The number of anilines is 1. The summed E-state index contributed by atoms with van der Waals surface area (Å²) in [5.41, 5.74) is 2.94. The molecule has 7 heteroatoms. The largest absolute Gasteiger partial charge is 0.507 e. The molecular weight excluding hydrogens is 519 g/mol. The van der Waals surface area contributed by atoms with E-state index in [4.69, 9.17) is 27.9 Å². The van der Waals surface area contributed by atoms with E-state index in [-0.39, 0.29) is 28.4 Å². The summed E-state index contributed by atoms with van der Waals surface area (Å²) in [5, 5.41) is 22.2. The highest BCUT2D eigenvalue weighted by atomic mass is 35.5. The van der Waals surface area contributed by atoms with Crippen LogP contribution in [-0.4, -0.2) is 23.8 Å². The Hall–Kier alpha value is -3.54. The monoisotopic (exact) mass is 546 g/mol. The molecule has 2 N–H and O–H groups in total. The van der Waals surface area contributed by atoms with Gasteiger partial charge in [0.05, 0.1) is 17.8 Å². The minimum atomic E-state index is -0.726. The maximum absolute atomic E-state index is 13.9. The van der Waals surface area contributed by atoms with Crippen LogP contribution in [0.4, 0.5) is 5.69 Å². The van der Waals surface area contributed by atoms with E-state index in [2.05, 4.69) is 0 Å². The van der Waals surface area contributed by atoms with Gasteiger partial charge in [0.2, 0.25) is 0 Å². The van der Waals surface area contributed by atoms with Crippen LogP contribution < -0.4 is 9.64 Å². The molecule has 1 unspecified atom stereocenters. The lowest BCUT2D eigenvalue weighted by molar-refractivity contribution is -0.118. The van der Waals surface area contributed by atoms with Crippen molar-refractivity contribution in [1.82, 2.24) is 0 Å². The number of aliphatic hydroxyl groups excluding tert-OH is 1. The molecule has 0 saturated heterocycles. The third-order valence-electron chi connectivity index (χ3n) is 7.15. The fourth-order valence-corrected chi connectivity index (χ4v) is 5.90. The summed E-state index contributed by atoms with van der Waals surface area (Å²) >= 11 is 13.4. The Morgan fingerprint density at radius 2 is 1.61 bits per heavy atom. The van der Waals surface area contributed by atoms with Crippen molar-refractivity contribution in [2.75, 3.05) is 12.0 Å². The van der Waals surface area contributed by atoms with Gasteiger partial charge in [-0.1, -0.05) is 67.4 Å². The van der Waals surface area contributed by atoms with Gasteiger partial charge in [-0.05, 0) is 59.9 Å². The summed E-state index contributed by atoms with van der Waals surface area (Å²) in [4.78, 5) is 15.7. The predicted octanol–water partition coefficient (Wildman–Crippen LogP) is 8.20. The first-order valence-corrected chi connectivity index (χ1v) is 13.1. The number of halogens is 2. The number of aliphatic hydroxyl groups is 1. The third-order valence-corrected chi connectivity index (χ3v) is 7.81. The standard InChI is InChI=1S/C31H28Cl2N2O3/c1-31(2)16-24-27(25(36)17-31)26(20-8-4-5-9-21(20)32)28(29(37)18-12-14-19(38-3)15-13-18)30(34)35(24)23-11-7-6-10-22(23)33/h4-15,26,34,37H,16-17H2,1-3H3/b29-28+,34-30?. The average molecular weight is 547 g/mol. The number of ether oxygens (including phenoxy) is 1. The number of nitrogens with zero attached hydrogens (tertiary/aromatic N) is 1. The van der Waals surface area contributed by atoms with Crippen molar-refractivity contribution in [3.63, 3.8) is 0 Å². The highest BCUT2D eigenvalue weighted by Gasteiger charge is 2.47. The second-order valence-electron chi connectivity index (χ2n) is 10.4. The van der Waals surface area contributed by atoms with Crippen molar-refractivity contribution >= 4 is 46.3 Å². The Balaban J connectivity index is 1.87. The molecule has 5 nitrogen and oxygen atoms in total. The SMILES string of the molecule is COc1ccc(/C(O)=C2\C(=N)N(c3ccccc3Cl)C3=C(C(=O)CC(C)(C)C3)C2c2ccccc2Cl)cc1. The van der Waals surface area contributed by atoms with Crippen LogP contribution in [0.2, 0.25) is 10.0 Å². The number of hydrogen-bond acceptors (Lipinski definition) is 4. The summed E-state index contributed by atoms with van der Waals surface area (Å²) in [6, 6.07) is 21.5. The van der Waals surface area contributed by atoms with E-state index in [0.29, 0.717) is 56.7 Å². The van der Waals surface area contributed by atoms with E-state index in [9.17, 15) is 15.3 Å². The van der Waals surface area contributed by atoms with Gasteiger partial charge in [0.25, 0.3) is 0 Å². The smallest absolute Gasteiger partial charge is 0.162 e. The molecule has 0 bridgehead atoms. The van der Waals surface area contributed by atoms with Crippen molar-refractivity contribution in [3.05, 3.63) is 111 Å². The number of para-hydroxylation sites is 1. The second kappa shape index (κ2) is 9.97. The van der Waals surface area contributed by atoms with Gasteiger partial charge in [0, 0.05) is 39.8 Å². The summed E-state index contributed by atoms with van der Waals surface area (Å²) in [6.45, 7) is 4.10. The van der Waals surface area contributed by atoms with Crippen LogP contribution in [0.1, 0.15) is 43.7 Å². The summed E-state index contributed by atoms with van der Waals surface area (Å²) in [5.74, 6) is -0.189.